The number of rotatable bonds is 7. The number of methoxy groups -OCH3 is 1. The van der Waals surface area contributed by atoms with Crippen molar-refractivity contribution in [2.24, 2.45) is 0 Å². The number of fused-ring (bicyclic) bond motifs is 2. The summed E-state index contributed by atoms with van der Waals surface area (Å²) in [7, 11) is 1.70. The Morgan fingerprint density at radius 3 is 2.84 bits per heavy atom. The van der Waals surface area contributed by atoms with Crippen molar-refractivity contribution in [2.45, 2.75) is 33.2 Å². The lowest BCUT2D eigenvalue weighted by atomic mass is 10.1. The number of aryl methyl sites for hydroxylation is 2. The molecule has 0 saturated heterocycles. The third-order valence-electron chi connectivity index (χ3n) is 6.62. The van der Waals surface area contributed by atoms with Gasteiger partial charge in [-0.1, -0.05) is 12.1 Å². The zero-order chi connectivity index (χ0) is 25.9. The fourth-order valence-corrected chi connectivity index (χ4v) is 4.80. The van der Waals surface area contributed by atoms with E-state index in [2.05, 4.69) is 20.2 Å². The van der Waals surface area contributed by atoms with Crippen molar-refractivity contribution in [3.8, 4) is 11.6 Å². The number of carbonyl (C=O) groups is 1. The van der Waals surface area contributed by atoms with E-state index >= 15 is 4.39 Å². The van der Waals surface area contributed by atoms with Crippen molar-refractivity contribution in [3.05, 3.63) is 77.1 Å². The van der Waals surface area contributed by atoms with Crippen LogP contribution in [0.2, 0.25) is 0 Å². The van der Waals surface area contributed by atoms with Gasteiger partial charge >= 0.3 is 6.03 Å². The van der Waals surface area contributed by atoms with E-state index in [1.165, 1.54) is 10.9 Å². The first kappa shape index (κ1) is 24.9. The molecule has 0 fully saturated rings. The highest BCUT2D eigenvalue weighted by Gasteiger charge is 2.24. The fourth-order valence-electron chi connectivity index (χ4n) is 4.80. The molecule has 9 heteroatoms. The minimum Gasteiger partial charge on any atom is -0.436 e. The quantitative estimate of drug-likeness (QED) is 0.338. The van der Waals surface area contributed by atoms with E-state index in [-0.39, 0.29) is 11.8 Å². The third kappa shape index (κ3) is 5.19. The van der Waals surface area contributed by atoms with Crippen LogP contribution in [0, 0.1) is 19.7 Å². The molecule has 0 spiro atoms. The van der Waals surface area contributed by atoms with Gasteiger partial charge in [0.1, 0.15) is 6.33 Å². The number of halogens is 1. The van der Waals surface area contributed by atoms with E-state index < -0.39 is 5.82 Å². The summed E-state index contributed by atoms with van der Waals surface area (Å²) in [5.41, 5.74) is 4.58. The first-order chi connectivity index (χ1) is 17.9. The van der Waals surface area contributed by atoms with Crippen molar-refractivity contribution in [1.82, 2.24) is 19.4 Å². The third-order valence-corrected chi connectivity index (χ3v) is 6.62. The molecule has 4 aromatic rings. The minimum absolute atomic E-state index is 0.0622. The number of aromatic nitrogens is 3. The Kier molecular flexibility index (Phi) is 7.16. The number of amides is 1. The van der Waals surface area contributed by atoms with Crippen LogP contribution in [0.3, 0.4) is 0 Å². The van der Waals surface area contributed by atoms with Gasteiger partial charge in [0.15, 0.2) is 11.6 Å². The van der Waals surface area contributed by atoms with E-state index in [1.807, 2.05) is 31.2 Å². The van der Waals surface area contributed by atoms with Gasteiger partial charge < -0.3 is 14.8 Å². The topological polar surface area (TPSA) is 81.5 Å². The molecule has 0 bridgehead atoms. The Bertz CT molecular complexity index is 1450. The van der Waals surface area contributed by atoms with Gasteiger partial charge in [-0.2, -0.15) is 0 Å². The minimum atomic E-state index is -0.535. The molecule has 1 N–H and O–H groups in total. The van der Waals surface area contributed by atoms with Gasteiger partial charge in [0, 0.05) is 55.7 Å². The van der Waals surface area contributed by atoms with Crippen LogP contribution in [0.5, 0.6) is 11.6 Å². The highest BCUT2D eigenvalue weighted by molar-refractivity contribution is 6.00. The molecule has 1 amide bonds. The first-order valence-electron chi connectivity index (χ1n) is 12.3. The number of anilines is 1. The molecular formula is C28H30FN5O3. The van der Waals surface area contributed by atoms with Crippen LogP contribution in [-0.4, -0.2) is 52.3 Å². The van der Waals surface area contributed by atoms with Crippen LogP contribution in [0.15, 0.2) is 48.8 Å². The smallest absolute Gasteiger partial charge is 0.330 e. The second-order valence-corrected chi connectivity index (χ2v) is 9.31. The van der Waals surface area contributed by atoms with Crippen molar-refractivity contribution in [1.29, 1.82) is 0 Å². The van der Waals surface area contributed by atoms with E-state index in [1.54, 1.807) is 32.2 Å². The van der Waals surface area contributed by atoms with Gasteiger partial charge in [-0.3, -0.25) is 9.47 Å². The summed E-state index contributed by atoms with van der Waals surface area (Å²) in [5.74, 6) is -0.104. The molecule has 1 aliphatic rings. The van der Waals surface area contributed by atoms with Gasteiger partial charge in [0.05, 0.1) is 11.2 Å². The predicted octanol–water partition coefficient (Wildman–Crippen LogP) is 5.45. The normalized spacial score (nSPS) is 13.5. The van der Waals surface area contributed by atoms with Gasteiger partial charge in [0.25, 0.3) is 0 Å². The maximum Gasteiger partial charge on any atom is 0.330 e. The average Bonchev–Trinajstić information content (AvgIpc) is 3.22. The van der Waals surface area contributed by atoms with E-state index in [4.69, 9.17) is 9.47 Å². The summed E-state index contributed by atoms with van der Waals surface area (Å²) >= 11 is 0. The SMILES string of the molecule is COCCCN1CCc2c(ncnc2Oc2ccc3c(cc(C)n3C(=O)Nc3cccc(C)c3)c2F)C1. The maximum atomic E-state index is 15.6. The van der Waals surface area contributed by atoms with Crippen molar-refractivity contribution in [3.63, 3.8) is 0 Å². The van der Waals surface area contributed by atoms with Crippen molar-refractivity contribution in [2.75, 3.05) is 32.1 Å². The van der Waals surface area contributed by atoms with Crippen LogP contribution in [-0.2, 0) is 17.7 Å². The number of hydrogen-bond acceptors (Lipinski definition) is 6. The van der Waals surface area contributed by atoms with E-state index in [0.29, 0.717) is 34.7 Å². The van der Waals surface area contributed by atoms with Gasteiger partial charge in [-0.15, -0.1) is 0 Å². The largest absolute Gasteiger partial charge is 0.436 e. The van der Waals surface area contributed by atoms with Crippen LogP contribution < -0.4 is 10.1 Å². The lowest BCUT2D eigenvalue weighted by Gasteiger charge is -2.28. The number of nitrogens with one attached hydrogen (secondary N) is 1. The monoisotopic (exact) mass is 503 g/mol. The summed E-state index contributed by atoms with van der Waals surface area (Å²) in [6, 6.07) is 12.1. The Labute approximate surface area is 215 Å². The highest BCUT2D eigenvalue weighted by Crippen LogP contribution is 2.34. The number of nitrogens with zero attached hydrogens (tertiary/aromatic N) is 4. The molecule has 0 radical (unpaired) electrons. The second kappa shape index (κ2) is 10.7. The molecule has 192 valence electrons. The van der Waals surface area contributed by atoms with E-state index in [0.717, 1.165) is 49.4 Å². The Hall–Kier alpha value is -3.82. The van der Waals surface area contributed by atoms with Gasteiger partial charge in [-0.25, -0.2) is 19.2 Å². The Morgan fingerprint density at radius 2 is 2.03 bits per heavy atom. The van der Waals surface area contributed by atoms with Gasteiger partial charge in [-0.05, 0) is 62.6 Å². The Balaban J connectivity index is 1.38. The number of carbonyl (C=O) groups excluding carboxylic acids is 1. The zero-order valence-electron chi connectivity index (χ0n) is 21.3. The van der Waals surface area contributed by atoms with Crippen LogP contribution >= 0.6 is 0 Å². The fraction of sp³-hybridized carbons (Fsp3) is 0.321. The molecule has 3 heterocycles. The molecule has 0 unspecified atom stereocenters. The van der Waals surface area contributed by atoms with Gasteiger partial charge in [0.2, 0.25) is 5.88 Å². The zero-order valence-corrected chi connectivity index (χ0v) is 21.3. The molecule has 2 aromatic carbocycles. The molecule has 5 rings (SSSR count). The molecule has 0 atom stereocenters. The van der Waals surface area contributed by atoms with Crippen molar-refractivity contribution < 1.29 is 18.7 Å². The Morgan fingerprint density at radius 1 is 1.16 bits per heavy atom. The number of hydrogen-bond donors (Lipinski definition) is 1. The van der Waals surface area contributed by atoms with Crippen molar-refractivity contribution >= 4 is 22.6 Å². The average molecular weight is 504 g/mol. The van der Waals surface area contributed by atoms with Crippen LogP contribution in [0.1, 0.15) is 28.9 Å². The highest BCUT2D eigenvalue weighted by atomic mass is 19.1. The number of benzene rings is 2. The molecule has 37 heavy (non-hydrogen) atoms. The van der Waals surface area contributed by atoms with Crippen LogP contribution in [0.25, 0.3) is 10.9 Å². The molecule has 0 aliphatic carbocycles. The molecule has 0 saturated carbocycles. The first-order valence-corrected chi connectivity index (χ1v) is 12.3. The summed E-state index contributed by atoms with van der Waals surface area (Å²) in [5, 5.41) is 3.20. The lowest BCUT2D eigenvalue weighted by Crippen LogP contribution is -2.32. The standard InChI is InChI=1S/C28H30FN5O3/c1-18-6-4-7-20(14-18)32-28(35)34-19(2)15-22-24(34)8-9-25(26(22)29)37-27-21-10-12-33(11-5-13-36-3)16-23(21)30-17-31-27/h4,6-9,14-15,17H,5,10-13,16H2,1-3H3,(H,32,35). The summed E-state index contributed by atoms with van der Waals surface area (Å²) in [6.07, 6.45) is 3.13. The summed E-state index contributed by atoms with van der Waals surface area (Å²) < 4.78 is 28.2. The van der Waals surface area contributed by atoms with E-state index in [9.17, 15) is 4.79 Å². The summed E-state index contributed by atoms with van der Waals surface area (Å²) in [6.45, 7) is 6.91. The molecule has 8 nitrogen and oxygen atoms in total. The summed E-state index contributed by atoms with van der Waals surface area (Å²) in [4.78, 5) is 24.1. The molecular weight excluding hydrogens is 473 g/mol. The molecule has 2 aromatic heterocycles. The van der Waals surface area contributed by atoms with Crippen LogP contribution in [0.4, 0.5) is 14.9 Å². The lowest BCUT2D eigenvalue weighted by molar-refractivity contribution is 0.165. The molecule has 1 aliphatic heterocycles. The maximum absolute atomic E-state index is 15.6. The number of ether oxygens (including phenoxy) is 2. The second-order valence-electron chi connectivity index (χ2n) is 9.31. The predicted molar refractivity (Wildman–Crippen MR) is 140 cm³/mol.